The molecule has 1 heterocycles. The first-order valence-electron chi connectivity index (χ1n) is 7.32. The maximum Gasteiger partial charge on any atom is 0.248 e. The van der Waals surface area contributed by atoms with Crippen LogP contribution in [0.3, 0.4) is 0 Å². The van der Waals surface area contributed by atoms with Crippen molar-refractivity contribution in [1.29, 1.82) is 0 Å². The number of anilines is 1. The van der Waals surface area contributed by atoms with Gasteiger partial charge in [0.2, 0.25) is 5.91 Å². The molecule has 0 radical (unpaired) electrons. The highest BCUT2D eigenvalue weighted by Crippen LogP contribution is 2.22. The van der Waals surface area contributed by atoms with E-state index in [4.69, 9.17) is 22.1 Å². The molecule has 0 aliphatic carbocycles. The average molecular weight is 312 g/mol. The normalized spacial score (nSPS) is 15.9. The molecule has 1 aliphatic heterocycles. The highest BCUT2D eigenvalue weighted by Gasteiger charge is 2.12. The fourth-order valence-corrected chi connectivity index (χ4v) is 2.57. The molecule has 2 rings (SSSR count). The van der Waals surface area contributed by atoms with Crippen molar-refractivity contribution in [2.45, 2.75) is 25.4 Å². The number of nitrogens with one attached hydrogen (secondary N) is 2. The van der Waals surface area contributed by atoms with Gasteiger partial charge in [-0.15, -0.1) is 0 Å². The van der Waals surface area contributed by atoms with Crippen molar-refractivity contribution in [2.24, 2.45) is 5.73 Å². The van der Waals surface area contributed by atoms with Crippen LogP contribution in [0.2, 0.25) is 5.02 Å². The molecule has 1 fully saturated rings. The molecule has 0 atom stereocenters. The maximum absolute atomic E-state index is 11.0. The van der Waals surface area contributed by atoms with Gasteiger partial charge in [-0.25, -0.2) is 0 Å². The van der Waals surface area contributed by atoms with E-state index in [1.54, 1.807) is 18.2 Å². The molecule has 1 aromatic rings. The Kier molecular flexibility index (Phi) is 6.29. The van der Waals surface area contributed by atoms with Gasteiger partial charge in [-0.2, -0.15) is 0 Å². The topological polar surface area (TPSA) is 76.4 Å². The van der Waals surface area contributed by atoms with Crippen LogP contribution < -0.4 is 16.4 Å². The highest BCUT2D eigenvalue weighted by atomic mass is 35.5. The summed E-state index contributed by atoms with van der Waals surface area (Å²) in [7, 11) is 0. The minimum absolute atomic E-state index is 0.393. The van der Waals surface area contributed by atoms with E-state index in [-0.39, 0.29) is 0 Å². The second-order valence-corrected chi connectivity index (χ2v) is 5.57. The Balaban J connectivity index is 1.67. The van der Waals surface area contributed by atoms with Crippen LogP contribution >= 0.6 is 11.6 Å². The quantitative estimate of drug-likeness (QED) is 0.673. The van der Waals surface area contributed by atoms with Crippen molar-refractivity contribution >= 4 is 23.2 Å². The second kappa shape index (κ2) is 8.22. The molecule has 116 valence electrons. The lowest BCUT2D eigenvalue weighted by molar-refractivity contribution is 0.0329. The first-order chi connectivity index (χ1) is 10.2. The lowest BCUT2D eigenvalue weighted by Gasteiger charge is -2.23. The number of halogens is 1. The molecule has 0 spiro atoms. The van der Waals surface area contributed by atoms with Crippen LogP contribution in [0.1, 0.15) is 29.6 Å². The van der Waals surface area contributed by atoms with Gasteiger partial charge in [-0.1, -0.05) is 11.6 Å². The van der Waals surface area contributed by atoms with Gasteiger partial charge in [-0.3, -0.25) is 4.79 Å². The van der Waals surface area contributed by atoms with Gasteiger partial charge >= 0.3 is 0 Å². The van der Waals surface area contributed by atoms with Crippen LogP contribution in [-0.4, -0.2) is 38.3 Å². The van der Waals surface area contributed by atoms with Gasteiger partial charge in [0.25, 0.3) is 0 Å². The molecule has 0 saturated carbocycles. The van der Waals surface area contributed by atoms with E-state index >= 15 is 0 Å². The Morgan fingerprint density at radius 1 is 1.43 bits per heavy atom. The van der Waals surface area contributed by atoms with Crippen molar-refractivity contribution in [1.82, 2.24) is 5.32 Å². The number of amides is 1. The molecule has 0 bridgehead atoms. The summed E-state index contributed by atoms with van der Waals surface area (Å²) < 4.78 is 5.83. The SMILES string of the molecule is NC(=O)c1ccc(NCCCOC2CCNCC2)c(Cl)c1. The molecule has 4 N–H and O–H groups in total. The zero-order valence-corrected chi connectivity index (χ0v) is 12.8. The van der Waals surface area contributed by atoms with Crippen molar-refractivity contribution in [3.63, 3.8) is 0 Å². The standard InChI is InChI=1S/C15H22ClN3O2/c16-13-10-11(15(17)20)2-3-14(13)19-6-1-9-21-12-4-7-18-8-5-12/h2-3,10,12,18-19H,1,4-9H2,(H2,17,20). The lowest BCUT2D eigenvalue weighted by atomic mass is 10.1. The molecule has 0 aromatic heterocycles. The Hall–Kier alpha value is -1.30. The summed E-state index contributed by atoms with van der Waals surface area (Å²) in [6.07, 6.45) is 3.49. The molecule has 21 heavy (non-hydrogen) atoms. The summed E-state index contributed by atoms with van der Waals surface area (Å²) in [6.45, 7) is 3.62. The summed E-state index contributed by atoms with van der Waals surface area (Å²) in [5.74, 6) is -0.473. The number of carbonyl (C=O) groups excluding carboxylic acids is 1. The van der Waals surface area contributed by atoms with Gasteiger partial charge in [-0.05, 0) is 50.6 Å². The molecule has 0 unspecified atom stereocenters. The predicted octanol–water partition coefficient (Wildman–Crippen LogP) is 2.01. The Morgan fingerprint density at radius 2 is 2.19 bits per heavy atom. The van der Waals surface area contributed by atoms with Crippen molar-refractivity contribution in [3.05, 3.63) is 28.8 Å². The number of primary amides is 1. The minimum Gasteiger partial charge on any atom is -0.384 e. The first-order valence-corrected chi connectivity index (χ1v) is 7.70. The molecular weight excluding hydrogens is 290 g/mol. The molecule has 5 nitrogen and oxygen atoms in total. The van der Waals surface area contributed by atoms with Gasteiger partial charge < -0.3 is 21.1 Å². The van der Waals surface area contributed by atoms with Gasteiger partial charge in [0.15, 0.2) is 0 Å². The van der Waals surface area contributed by atoms with Crippen LogP contribution in [0.5, 0.6) is 0 Å². The zero-order valence-electron chi connectivity index (χ0n) is 12.0. The molecule has 1 amide bonds. The van der Waals surface area contributed by atoms with Crippen LogP contribution in [0.25, 0.3) is 0 Å². The third kappa shape index (κ3) is 5.19. The summed E-state index contributed by atoms with van der Waals surface area (Å²) in [6, 6.07) is 5.02. The third-order valence-electron chi connectivity index (χ3n) is 3.53. The summed E-state index contributed by atoms with van der Waals surface area (Å²) in [5, 5.41) is 7.06. The number of nitrogens with two attached hydrogens (primary N) is 1. The number of carbonyl (C=O) groups is 1. The summed E-state index contributed by atoms with van der Waals surface area (Å²) in [4.78, 5) is 11.0. The Morgan fingerprint density at radius 3 is 2.86 bits per heavy atom. The van der Waals surface area contributed by atoms with Crippen molar-refractivity contribution < 1.29 is 9.53 Å². The molecule has 1 aliphatic rings. The number of ether oxygens (including phenoxy) is 1. The van der Waals surface area contributed by atoms with E-state index in [0.717, 1.165) is 51.2 Å². The van der Waals surface area contributed by atoms with Crippen LogP contribution in [0, 0.1) is 0 Å². The monoisotopic (exact) mass is 311 g/mol. The van der Waals surface area contributed by atoms with Crippen molar-refractivity contribution in [3.8, 4) is 0 Å². The number of benzene rings is 1. The summed E-state index contributed by atoms with van der Waals surface area (Å²) >= 11 is 6.10. The average Bonchev–Trinajstić information content (AvgIpc) is 2.49. The van der Waals surface area contributed by atoms with Crippen LogP contribution in [0.15, 0.2) is 18.2 Å². The second-order valence-electron chi connectivity index (χ2n) is 5.16. The van der Waals surface area contributed by atoms with E-state index < -0.39 is 5.91 Å². The summed E-state index contributed by atoms with van der Waals surface area (Å²) in [5.41, 5.74) is 6.43. The van der Waals surface area contributed by atoms with E-state index in [9.17, 15) is 4.79 Å². The molecule has 1 aromatic carbocycles. The maximum atomic E-state index is 11.0. The first kappa shape index (κ1) is 16.1. The number of rotatable bonds is 7. The molecule has 1 saturated heterocycles. The fraction of sp³-hybridized carbons (Fsp3) is 0.533. The van der Waals surface area contributed by atoms with E-state index in [1.165, 1.54) is 0 Å². The van der Waals surface area contributed by atoms with Crippen LogP contribution in [-0.2, 0) is 4.74 Å². The Labute approximate surface area is 130 Å². The van der Waals surface area contributed by atoms with E-state index in [2.05, 4.69) is 10.6 Å². The van der Waals surface area contributed by atoms with Crippen LogP contribution in [0.4, 0.5) is 5.69 Å². The smallest absolute Gasteiger partial charge is 0.248 e. The molecule has 6 heteroatoms. The van der Waals surface area contributed by atoms with Gasteiger partial charge in [0, 0.05) is 18.7 Å². The Bertz CT molecular complexity index is 476. The number of piperidine rings is 1. The fourth-order valence-electron chi connectivity index (χ4n) is 2.32. The van der Waals surface area contributed by atoms with Gasteiger partial charge in [0.1, 0.15) is 0 Å². The van der Waals surface area contributed by atoms with Crippen molar-refractivity contribution in [2.75, 3.05) is 31.6 Å². The van der Waals surface area contributed by atoms with E-state index in [0.29, 0.717) is 16.7 Å². The number of hydrogen-bond acceptors (Lipinski definition) is 4. The largest absolute Gasteiger partial charge is 0.384 e. The van der Waals surface area contributed by atoms with E-state index in [1.807, 2.05) is 0 Å². The zero-order chi connectivity index (χ0) is 15.1. The molecular formula is C15H22ClN3O2. The lowest BCUT2D eigenvalue weighted by Crippen LogP contribution is -2.32. The number of hydrogen-bond donors (Lipinski definition) is 3. The minimum atomic E-state index is -0.473. The van der Waals surface area contributed by atoms with Gasteiger partial charge in [0.05, 0.1) is 16.8 Å². The predicted molar refractivity (Wildman–Crippen MR) is 84.9 cm³/mol. The third-order valence-corrected chi connectivity index (χ3v) is 3.84. The highest BCUT2D eigenvalue weighted by molar-refractivity contribution is 6.33.